The lowest BCUT2D eigenvalue weighted by atomic mass is 10.1. The first-order valence-corrected chi connectivity index (χ1v) is 4.25. The van der Waals surface area contributed by atoms with Gasteiger partial charge in [-0.15, -0.1) is 0 Å². The molecule has 0 saturated carbocycles. The molecule has 1 heterocycles. The summed E-state index contributed by atoms with van der Waals surface area (Å²) in [7, 11) is 0. The van der Waals surface area contributed by atoms with Gasteiger partial charge in [-0.05, 0) is 17.7 Å². The predicted molar refractivity (Wildman–Crippen MR) is 54.1 cm³/mol. The second-order valence-electron chi connectivity index (χ2n) is 3.09. The average Bonchev–Trinajstić information content (AvgIpc) is 2.15. The van der Waals surface area contributed by atoms with Gasteiger partial charge in [-0.1, -0.05) is 0 Å². The third-order valence-corrected chi connectivity index (χ3v) is 2.13. The van der Waals surface area contributed by atoms with Crippen LogP contribution in [0.25, 0.3) is 10.9 Å². The molecule has 0 aliphatic heterocycles. The fourth-order valence-corrected chi connectivity index (χ4v) is 1.49. The number of aromatic amines is 1. The van der Waals surface area contributed by atoms with Gasteiger partial charge in [-0.25, -0.2) is 0 Å². The van der Waals surface area contributed by atoms with Crippen LogP contribution in [0.3, 0.4) is 0 Å². The molecule has 4 heteroatoms. The Morgan fingerprint density at radius 3 is 2.86 bits per heavy atom. The summed E-state index contributed by atoms with van der Waals surface area (Å²) in [5.74, 6) is 0.127. The minimum Gasteiger partial charge on any atom is -0.508 e. The number of H-pyrrole nitrogens is 1. The molecule has 1 aromatic heterocycles. The standard InChI is InChI=1S/C10H10N2O2/c11-5-6-3-10(14)12-9-4-7(13)1-2-8(6)9/h1-4,13H,5,11H2,(H,12,14). The second-order valence-corrected chi connectivity index (χ2v) is 3.09. The number of benzene rings is 1. The molecule has 0 saturated heterocycles. The molecule has 0 radical (unpaired) electrons. The fourth-order valence-electron chi connectivity index (χ4n) is 1.49. The molecular weight excluding hydrogens is 180 g/mol. The molecule has 0 spiro atoms. The number of nitrogens with one attached hydrogen (secondary N) is 1. The Balaban J connectivity index is 2.87. The smallest absolute Gasteiger partial charge is 0.248 e. The number of aromatic hydroxyl groups is 1. The Labute approximate surface area is 80.0 Å². The maximum absolute atomic E-state index is 11.2. The van der Waals surface area contributed by atoms with E-state index >= 15 is 0 Å². The van der Waals surface area contributed by atoms with E-state index in [9.17, 15) is 9.90 Å². The van der Waals surface area contributed by atoms with Crippen LogP contribution in [0.15, 0.2) is 29.1 Å². The van der Waals surface area contributed by atoms with Gasteiger partial charge >= 0.3 is 0 Å². The number of rotatable bonds is 1. The molecule has 0 bridgehead atoms. The number of hydrogen-bond acceptors (Lipinski definition) is 3. The second kappa shape index (κ2) is 3.16. The zero-order valence-electron chi connectivity index (χ0n) is 7.45. The van der Waals surface area contributed by atoms with Gasteiger partial charge in [0.1, 0.15) is 5.75 Å². The largest absolute Gasteiger partial charge is 0.508 e. The van der Waals surface area contributed by atoms with Crippen LogP contribution >= 0.6 is 0 Å². The average molecular weight is 190 g/mol. The number of nitrogens with two attached hydrogens (primary N) is 1. The molecule has 4 N–H and O–H groups in total. The summed E-state index contributed by atoms with van der Waals surface area (Å²) in [6.45, 7) is 0.311. The lowest BCUT2D eigenvalue weighted by molar-refractivity contribution is 0.476. The fraction of sp³-hybridized carbons (Fsp3) is 0.100. The summed E-state index contributed by atoms with van der Waals surface area (Å²) in [6.07, 6.45) is 0. The number of fused-ring (bicyclic) bond motifs is 1. The van der Waals surface area contributed by atoms with E-state index in [0.29, 0.717) is 12.1 Å². The van der Waals surface area contributed by atoms with Crippen molar-refractivity contribution in [2.24, 2.45) is 5.73 Å². The molecule has 0 amide bonds. The van der Waals surface area contributed by atoms with Crippen LogP contribution in [0.5, 0.6) is 5.75 Å². The molecule has 4 nitrogen and oxygen atoms in total. The van der Waals surface area contributed by atoms with E-state index in [-0.39, 0.29) is 11.3 Å². The van der Waals surface area contributed by atoms with E-state index in [1.807, 2.05) is 0 Å². The van der Waals surface area contributed by atoms with E-state index in [1.54, 1.807) is 12.1 Å². The highest BCUT2D eigenvalue weighted by Gasteiger charge is 2.02. The molecule has 2 aromatic rings. The third kappa shape index (κ3) is 1.36. The van der Waals surface area contributed by atoms with Gasteiger partial charge in [0.15, 0.2) is 0 Å². The molecule has 0 aliphatic rings. The first-order valence-electron chi connectivity index (χ1n) is 4.25. The van der Waals surface area contributed by atoms with Crippen molar-refractivity contribution in [1.82, 2.24) is 4.98 Å². The zero-order valence-corrected chi connectivity index (χ0v) is 7.45. The van der Waals surface area contributed by atoms with E-state index in [2.05, 4.69) is 4.98 Å². The summed E-state index contributed by atoms with van der Waals surface area (Å²) in [5.41, 5.74) is 6.69. The maximum Gasteiger partial charge on any atom is 0.248 e. The number of phenols is 1. The van der Waals surface area contributed by atoms with Crippen LogP contribution in [-0.4, -0.2) is 10.1 Å². The van der Waals surface area contributed by atoms with Crippen LogP contribution in [0.2, 0.25) is 0 Å². The predicted octanol–water partition coefficient (Wildman–Crippen LogP) is 0.692. The van der Waals surface area contributed by atoms with E-state index in [4.69, 9.17) is 5.73 Å². The molecule has 1 aromatic carbocycles. The maximum atomic E-state index is 11.2. The topological polar surface area (TPSA) is 79.1 Å². The van der Waals surface area contributed by atoms with Crippen molar-refractivity contribution in [3.63, 3.8) is 0 Å². The van der Waals surface area contributed by atoms with Gasteiger partial charge in [0.05, 0.1) is 5.52 Å². The summed E-state index contributed by atoms with van der Waals surface area (Å²) in [6, 6.07) is 6.29. The van der Waals surface area contributed by atoms with Gasteiger partial charge in [-0.2, -0.15) is 0 Å². The molecule has 0 aliphatic carbocycles. The highest BCUT2D eigenvalue weighted by Crippen LogP contribution is 2.19. The molecule has 0 atom stereocenters. The Hall–Kier alpha value is -1.81. The Morgan fingerprint density at radius 2 is 2.14 bits per heavy atom. The van der Waals surface area contributed by atoms with Crippen molar-refractivity contribution in [3.05, 3.63) is 40.2 Å². The third-order valence-electron chi connectivity index (χ3n) is 2.13. The zero-order chi connectivity index (χ0) is 10.1. The number of hydrogen-bond donors (Lipinski definition) is 3. The molecule has 0 fully saturated rings. The first kappa shape index (κ1) is 8.77. The lowest BCUT2D eigenvalue weighted by Gasteiger charge is -2.03. The SMILES string of the molecule is NCc1cc(=O)[nH]c2cc(O)ccc12. The molecule has 14 heavy (non-hydrogen) atoms. The van der Waals surface area contributed by atoms with Gasteiger partial charge in [-0.3, -0.25) is 4.79 Å². The van der Waals surface area contributed by atoms with Gasteiger partial charge in [0, 0.05) is 24.1 Å². The van der Waals surface area contributed by atoms with Crippen LogP contribution < -0.4 is 11.3 Å². The summed E-state index contributed by atoms with van der Waals surface area (Å²) >= 11 is 0. The van der Waals surface area contributed by atoms with Crippen molar-refractivity contribution in [2.75, 3.05) is 0 Å². The highest BCUT2D eigenvalue weighted by molar-refractivity contribution is 5.83. The summed E-state index contributed by atoms with van der Waals surface area (Å²) < 4.78 is 0. The lowest BCUT2D eigenvalue weighted by Crippen LogP contribution is -2.09. The first-order chi connectivity index (χ1) is 6.70. The van der Waals surface area contributed by atoms with Crippen LogP contribution in [0, 0.1) is 0 Å². The van der Waals surface area contributed by atoms with Crippen molar-refractivity contribution in [2.45, 2.75) is 6.54 Å². The van der Waals surface area contributed by atoms with Crippen molar-refractivity contribution < 1.29 is 5.11 Å². The van der Waals surface area contributed by atoms with Crippen LogP contribution in [0.4, 0.5) is 0 Å². The van der Waals surface area contributed by atoms with Gasteiger partial charge in [0.2, 0.25) is 5.56 Å². The number of pyridine rings is 1. The Kier molecular flexibility index (Phi) is 1.98. The normalized spacial score (nSPS) is 10.6. The Bertz CT molecular complexity index is 531. The number of aromatic nitrogens is 1. The molecule has 72 valence electrons. The van der Waals surface area contributed by atoms with E-state index < -0.39 is 0 Å². The van der Waals surface area contributed by atoms with Crippen molar-refractivity contribution in [3.8, 4) is 5.75 Å². The van der Waals surface area contributed by atoms with Crippen molar-refractivity contribution in [1.29, 1.82) is 0 Å². The number of phenolic OH excluding ortho intramolecular Hbond substituents is 1. The summed E-state index contributed by atoms with van der Waals surface area (Å²) in [5, 5.41) is 10.1. The van der Waals surface area contributed by atoms with E-state index in [1.165, 1.54) is 12.1 Å². The molecule has 2 rings (SSSR count). The van der Waals surface area contributed by atoms with Gasteiger partial charge < -0.3 is 15.8 Å². The monoisotopic (exact) mass is 190 g/mol. The summed E-state index contributed by atoms with van der Waals surface area (Å²) in [4.78, 5) is 13.8. The van der Waals surface area contributed by atoms with Gasteiger partial charge in [0.25, 0.3) is 0 Å². The minimum absolute atomic E-state index is 0.127. The van der Waals surface area contributed by atoms with E-state index in [0.717, 1.165) is 10.9 Å². The molecular formula is C10H10N2O2. The molecule has 0 unspecified atom stereocenters. The highest BCUT2D eigenvalue weighted by atomic mass is 16.3. The minimum atomic E-state index is -0.205. The quantitative estimate of drug-likeness (QED) is 0.619. The van der Waals surface area contributed by atoms with Crippen molar-refractivity contribution >= 4 is 10.9 Å². The van der Waals surface area contributed by atoms with Crippen LogP contribution in [0.1, 0.15) is 5.56 Å². The van der Waals surface area contributed by atoms with Crippen LogP contribution in [-0.2, 0) is 6.54 Å². The Morgan fingerprint density at radius 1 is 1.36 bits per heavy atom.